The van der Waals surface area contributed by atoms with E-state index in [0.717, 1.165) is 78.2 Å². The van der Waals surface area contributed by atoms with Crippen molar-refractivity contribution in [1.82, 2.24) is 10.2 Å². The van der Waals surface area contributed by atoms with Crippen LogP contribution in [0.5, 0.6) is 23.0 Å². The Morgan fingerprint density at radius 3 is 1.32 bits per heavy atom. The van der Waals surface area contributed by atoms with Crippen LogP contribution in [0.25, 0.3) is 43.1 Å². The lowest BCUT2D eigenvalue weighted by Crippen LogP contribution is -2.37. The highest BCUT2D eigenvalue weighted by Crippen LogP contribution is 2.56. The van der Waals surface area contributed by atoms with Crippen LogP contribution < -0.4 is 5.32 Å². The summed E-state index contributed by atoms with van der Waals surface area (Å²) < 4.78 is 21.7. The molecule has 2 aliphatic carbocycles. The molecular weight excluding hydrogens is 1260 g/mol. The predicted octanol–water partition coefficient (Wildman–Crippen LogP) is 13.9. The van der Waals surface area contributed by atoms with E-state index in [2.05, 4.69) is 19.2 Å². The second-order valence-corrected chi connectivity index (χ2v) is 27.8. The van der Waals surface area contributed by atoms with E-state index in [0.29, 0.717) is 38.7 Å². The third-order valence-electron chi connectivity index (χ3n) is 22.0. The number of likely N-dealkylation sites (tertiary alicyclic amines) is 1. The molecule has 16 unspecified atom stereocenters. The molecule has 2 saturated carbocycles. The molecule has 0 spiro atoms. The van der Waals surface area contributed by atoms with Gasteiger partial charge >= 0.3 is 23.9 Å². The number of phenols is 4. The van der Waals surface area contributed by atoms with E-state index in [9.17, 15) is 58.8 Å². The molecule has 4 saturated heterocycles. The van der Waals surface area contributed by atoms with Crippen LogP contribution in [-0.2, 0) is 57.3 Å². The molecule has 4 amide bonds. The first kappa shape index (κ1) is 70.5. The van der Waals surface area contributed by atoms with Gasteiger partial charge in [-0.25, -0.2) is 4.79 Å². The highest BCUT2D eigenvalue weighted by Gasteiger charge is 2.63. The van der Waals surface area contributed by atoms with Crippen LogP contribution >= 0.6 is 0 Å². The third-order valence-corrected chi connectivity index (χ3v) is 22.0. The summed E-state index contributed by atoms with van der Waals surface area (Å²) in [5, 5.41) is 49.6. The van der Waals surface area contributed by atoms with Crippen LogP contribution in [0.3, 0.4) is 0 Å². The van der Waals surface area contributed by atoms with Crippen molar-refractivity contribution in [2.45, 2.75) is 142 Å². The Labute approximate surface area is 576 Å². The number of nitrogens with zero attached hydrogens (tertiary/aromatic N) is 1. The number of rotatable bonds is 16. The monoisotopic (exact) mass is 1340 g/mol. The van der Waals surface area contributed by atoms with Crippen LogP contribution in [-0.4, -0.2) is 105 Å². The minimum Gasteiger partial charge on any atom is -0.507 e. The maximum Gasteiger partial charge on any atom is 0.347 e. The lowest BCUT2D eigenvalue weighted by molar-refractivity contribution is -0.166. The molecule has 5 N–H and O–H groups in total. The molecule has 4 aliphatic heterocycles. The Bertz CT molecular complexity index is 4430. The van der Waals surface area contributed by atoms with Crippen molar-refractivity contribution in [2.24, 2.45) is 53.3 Å². The Balaban J connectivity index is 0.000000135. The average molecular weight is 1350 g/mol. The summed E-state index contributed by atoms with van der Waals surface area (Å²) >= 11 is 0. The summed E-state index contributed by atoms with van der Waals surface area (Å²) in [6, 6.07) is 44.9. The normalized spacial score (nSPS) is 24.6. The van der Waals surface area contributed by atoms with Gasteiger partial charge < -0.3 is 39.4 Å². The maximum atomic E-state index is 13.0. The minimum absolute atomic E-state index is 0.0275. The van der Waals surface area contributed by atoms with Crippen LogP contribution in [0.4, 0.5) is 0 Å². The fourth-order valence-corrected chi connectivity index (χ4v) is 16.4. The summed E-state index contributed by atoms with van der Waals surface area (Å²) in [6.45, 7) is 16.0. The van der Waals surface area contributed by atoms with Gasteiger partial charge in [0.05, 0.1) is 36.2 Å². The Morgan fingerprint density at radius 2 is 0.929 bits per heavy atom. The van der Waals surface area contributed by atoms with Crippen molar-refractivity contribution >= 4 is 90.6 Å². The molecule has 18 heteroatoms. The SMILES string of the molecule is CC1C(=O)N(C)C(=O)C1C(C)c1ccc(O)c2ccccc12.CC1C(=O)NC(=O)C1C(C)c1ccc(O)c2ccccc12.CCC(CC(C)c1ccc(O)c2ccccc12)C(=O)OC1C2CC3C(=O)OC1C3C2.CCC(CC(C)c1ccc(O)c2ccccc12)C(=O)OC1CCOC1=O. The number of aromatic hydroxyl groups is 4. The van der Waals surface area contributed by atoms with E-state index in [4.69, 9.17) is 18.9 Å². The molecule has 6 fully saturated rings. The van der Waals surface area contributed by atoms with Gasteiger partial charge in [0.1, 0.15) is 35.2 Å². The molecule has 0 radical (unpaired) electrons. The highest BCUT2D eigenvalue weighted by atomic mass is 16.6. The van der Waals surface area contributed by atoms with Crippen LogP contribution in [0.15, 0.2) is 146 Å². The van der Waals surface area contributed by atoms with Crippen molar-refractivity contribution < 1.29 is 77.7 Å². The Kier molecular flexibility index (Phi) is 21.1. The van der Waals surface area contributed by atoms with E-state index < -0.39 is 12.1 Å². The second-order valence-electron chi connectivity index (χ2n) is 27.8. The molecule has 16 atom stereocenters. The Hall–Kier alpha value is -9.84. The van der Waals surface area contributed by atoms with Crippen molar-refractivity contribution in [3.8, 4) is 23.0 Å². The zero-order chi connectivity index (χ0) is 70.8. The number of cyclic esters (lactones) is 1. The number of carbonyl (C=O) groups excluding carboxylic acids is 8. The molecule has 0 aromatic heterocycles. The van der Waals surface area contributed by atoms with E-state index in [1.807, 2.05) is 156 Å². The number of amides is 4. The van der Waals surface area contributed by atoms with Crippen molar-refractivity contribution in [3.05, 3.63) is 168 Å². The van der Waals surface area contributed by atoms with Gasteiger partial charge in [0.15, 0.2) is 0 Å². The number of fused-ring (bicyclic) bond motifs is 5. The van der Waals surface area contributed by atoms with Crippen LogP contribution in [0, 0.1) is 53.3 Å². The van der Waals surface area contributed by atoms with Crippen molar-refractivity contribution in [3.63, 3.8) is 0 Å². The van der Waals surface area contributed by atoms with Gasteiger partial charge in [0.25, 0.3) is 0 Å². The zero-order valence-corrected chi connectivity index (χ0v) is 57.4. The molecular formula is C81H88N2O16. The molecule has 8 aromatic rings. The summed E-state index contributed by atoms with van der Waals surface area (Å²) in [7, 11) is 1.54. The quantitative estimate of drug-likeness (QED) is 0.0342. The molecule has 8 aromatic carbocycles. The van der Waals surface area contributed by atoms with Gasteiger partial charge in [-0.15, -0.1) is 0 Å². The van der Waals surface area contributed by atoms with Crippen molar-refractivity contribution in [1.29, 1.82) is 0 Å². The number of benzene rings is 8. The van der Waals surface area contributed by atoms with Gasteiger partial charge in [-0.2, -0.15) is 0 Å². The molecule has 99 heavy (non-hydrogen) atoms. The number of nitrogens with one attached hydrogen (secondary N) is 1. The first-order chi connectivity index (χ1) is 47.4. The first-order valence-corrected chi connectivity index (χ1v) is 34.7. The van der Waals surface area contributed by atoms with E-state index in [1.165, 1.54) is 4.90 Å². The second kappa shape index (κ2) is 29.7. The fraction of sp³-hybridized carbons (Fsp3) is 0.407. The maximum absolute atomic E-state index is 13.0. The first-order valence-electron chi connectivity index (χ1n) is 34.7. The molecule has 4 heterocycles. The summed E-state index contributed by atoms with van der Waals surface area (Å²) in [6.07, 6.45) is 3.53. The Morgan fingerprint density at radius 1 is 0.515 bits per heavy atom. The zero-order valence-electron chi connectivity index (χ0n) is 57.4. The fourth-order valence-electron chi connectivity index (χ4n) is 16.4. The smallest absolute Gasteiger partial charge is 0.347 e. The van der Waals surface area contributed by atoms with E-state index in [1.54, 1.807) is 38.2 Å². The lowest BCUT2D eigenvalue weighted by atomic mass is 9.79. The standard InChI is InChI=1S/C25H28O5.C21H24O5.C18H19NO3.C17H17NO3/c1-3-14(10-13(2)16-8-9-21(26)18-7-5-4-6-17(16)18)24(27)29-22-15-11-19-20(12-15)25(28)30-23(19)22;1-3-14(20(23)26-19-10-11-25-21(19)24)12-13(2)15-8-9-18(22)17-7-5-4-6-16(15)17;1-10(16-11(2)17(21)19(3)18(16)22)12-8-9-15(20)14-7-5-4-6-13(12)14;1-9(15-10(2)16(20)18-17(15)21)11-7-8-14(19)13-6-4-3-5-12(11)13/h4-9,13-15,19-20,22-23,26H,3,10-12H2,1-2H3;4-9,13-14,19,22H,3,10-12H2,1-2H3;4-11,16,20H,1-3H3;3-10,15,19H,1-2H3,(H,18,20,21). The highest BCUT2D eigenvalue weighted by molar-refractivity contribution is 6.06. The number of esters is 4. The molecule has 6 aliphatic rings. The molecule has 18 nitrogen and oxygen atoms in total. The van der Waals surface area contributed by atoms with E-state index >= 15 is 0 Å². The average Bonchev–Trinajstić information content (AvgIpc) is 1.59. The topological polar surface area (TPSA) is 270 Å². The van der Waals surface area contributed by atoms with Crippen LogP contribution in [0.1, 0.15) is 146 Å². The number of ether oxygens (including phenoxy) is 4. The van der Waals surface area contributed by atoms with Gasteiger partial charge in [-0.1, -0.05) is 177 Å². The number of hydrogen-bond donors (Lipinski definition) is 5. The lowest BCUT2D eigenvalue weighted by Gasteiger charge is -2.28. The summed E-state index contributed by atoms with van der Waals surface area (Å²) in [5.74, 6) is -2.06. The van der Waals surface area contributed by atoms with Gasteiger partial charge in [0.2, 0.25) is 29.7 Å². The molecule has 14 rings (SSSR count). The largest absolute Gasteiger partial charge is 0.507 e. The molecule has 518 valence electrons. The van der Waals surface area contributed by atoms with Gasteiger partial charge in [-0.3, -0.25) is 43.8 Å². The third kappa shape index (κ3) is 14.0. The summed E-state index contributed by atoms with van der Waals surface area (Å²) in [5.41, 5.74) is 4.18. The number of carbonyl (C=O) groups is 8. The number of phenolic OH excluding ortho intramolecular Hbond substituents is 4. The van der Waals surface area contributed by atoms with E-state index in [-0.39, 0.29) is 154 Å². The van der Waals surface area contributed by atoms with Gasteiger partial charge in [0, 0.05) is 58.7 Å². The minimum atomic E-state index is -0.763. The number of hydrogen-bond acceptors (Lipinski definition) is 16. The molecule has 2 bridgehead atoms. The van der Waals surface area contributed by atoms with Gasteiger partial charge in [-0.05, 0) is 130 Å². The van der Waals surface area contributed by atoms with Crippen molar-refractivity contribution in [2.75, 3.05) is 13.7 Å². The van der Waals surface area contributed by atoms with Crippen LogP contribution in [0.2, 0.25) is 0 Å². The predicted molar refractivity (Wildman–Crippen MR) is 374 cm³/mol. The summed E-state index contributed by atoms with van der Waals surface area (Å²) in [4.78, 5) is 98.4. The number of imide groups is 2.